The Kier molecular flexibility index (Phi) is 4.50. The summed E-state index contributed by atoms with van der Waals surface area (Å²) in [5, 5.41) is 4.20. The standard InChI is InChI=1S/C21H26N4O2/c1-16-8-11-22-25(16)15-19(26)24-12-9-21(10-13-24)14-18(20(27)23(21)2)17-6-4-3-5-7-17/h3-8,11,18H,9-10,12-15H2,1-2H3. The summed E-state index contributed by atoms with van der Waals surface area (Å²) in [6.07, 6.45) is 4.23. The number of piperidine rings is 1. The average Bonchev–Trinajstić information content (AvgIpc) is 3.20. The molecule has 6 heteroatoms. The summed E-state index contributed by atoms with van der Waals surface area (Å²) in [6.45, 7) is 3.62. The highest BCUT2D eigenvalue weighted by Gasteiger charge is 2.50. The molecule has 27 heavy (non-hydrogen) atoms. The molecule has 4 rings (SSSR count). The summed E-state index contributed by atoms with van der Waals surface area (Å²) in [7, 11) is 1.93. The second kappa shape index (κ2) is 6.83. The molecule has 0 radical (unpaired) electrons. The van der Waals surface area contributed by atoms with Gasteiger partial charge >= 0.3 is 0 Å². The number of aromatic nitrogens is 2. The number of carbonyl (C=O) groups is 2. The van der Waals surface area contributed by atoms with Crippen LogP contribution in [-0.2, 0) is 16.1 Å². The quantitative estimate of drug-likeness (QED) is 0.837. The molecule has 2 aliphatic rings. The first-order valence-corrected chi connectivity index (χ1v) is 9.59. The van der Waals surface area contributed by atoms with Crippen molar-refractivity contribution in [3.05, 3.63) is 53.9 Å². The molecule has 2 amide bonds. The molecular formula is C21H26N4O2. The highest BCUT2D eigenvalue weighted by molar-refractivity contribution is 5.87. The zero-order valence-corrected chi connectivity index (χ0v) is 16.0. The summed E-state index contributed by atoms with van der Waals surface area (Å²) < 4.78 is 1.74. The first-order chi connectivity index (χ1) is 13.0. The lowest BCUT2D eigenvalue weighted by Gasteiger charge is -2.43. The number of hydrogen-bond acceptors (Lipinski definition) is 3. The molecule has 0 bridgehead atoms. The molecule has 2 saturated heterocycles. The van der Waals surface area contributed by atoms with Crippen molar-refractivity contribution in [2.24, 2.45) is 0 Å². The Bertz CT molecular complexity index is 837. The van der Waals surface area contributed by atoms with Gasteiger partial charge in [0.2, 0.25) is 11.8 Å². The van der Waals surface area contributed by atoms with Gasteiger partial charge in [-0.1, -0.05) is 30.3 Å². The van der Waals surface area contributed by atoms with Gasteiger partial charge in [0.25, 0.3) is 0 Å². The lowest BCUT2D eigenvalue weighted by Crippen LogP contribution is -2.53. The number of likely N-dealkylation sites (N-methyl/N-ethyl adjacent to an activating group) is 1. The van der Waals surface area contributed by atoms with Crippen molar-refractivity contribution in [3.63, 3.8) is 0 Å². The Morgan fingerprint density at radius 3 is 2.52 bits per heavy atom. The Balaban J connectivity index is 1.43. The number of amides is 2. The zero-order chi connectivity index (χ0) is 19.0. The normalized spacial score (nSPS) is 21.9. The van der Waals surface area contributed by atoms with Gasteiger partial charge in [-0.05, 0) is 37.8 Å². The van der Waals surface area contributed by atoms with Crippen LogP contribution >= 0.6 is 0 Å². The predicted molar refractivity (Wildman–Crippen MR) is 102 cm³/mol. The van der Waals surface area contributed by atoms with Crippen molar-refractivity contribution >= 4 is 11.8 Å². The molecule has 0 aliphatic carbocycles. The highest BCUT2D eigenvalue weighted by Crippen LogP contribution is 2.44. The topological polar surface area (TPSA) is 58.4 Å². The van der Waals surface area contributed by atoms with Crippen LogP contribution in [0.2, 0.25) is 0 Å². The van der Waals surface area contributed by atoms with Crippen molar-refractivity contribution in [1.82, 2.24) is 19.6 Å². The smallest absolute Gasteiger partial charge is 0.244 e. The predicted octanol–water partition coefficient (Wildman–Crippen LogP) is 2.20. The first-order valence-electron chi connectivity index (χ1n) is 9.59. The van der Waals surface area contributed by atoms with E-state index in [1.807, 2.05) is 60.2 Å². The lowest BCUT2D eigenvalue weighted by atomic mass is 9.81. The minimum absolute atomic E-state index is 0.0647. The van der Waals surface area contributed by atoms with Gasteiger partial charge in [-0.3, -0.25) is 14.3 Å². The Morgan fingerprint density at radius 2 is 1.89 bits per heavy atom. The van der Waals surface area contributed by atoms with Crippen molar-refractivity contribution in [2.75, 3.05) is 20.1 Å². The molecule has 1 spiro atoms. The minimum atomic E-state index is -0.129. The fraction of sp³-hybridized carbons (Fsp3) is 0.476. The van der Waals surface area contributed by atoms with Gasteiger partial charge in [0, 0.05) is 37.6 Å². The second-order valence-corrected chi connectivity index (χ2v) is 7.80. The van der Waals surface area contributed by atoms with E-state index in [2.05, 4.69) is 5.10 Å². The van der Waals surface area contributed by atoms with Gasteiger partial charge in [-0.15, -0.1) is 0 Å². The second-order valence-electron chi connectivity index (χ2n) is 7.80. The molecule has 0 saturated carbocycles. The summed E-state index contributed by atoms with van der Waals surface area (Å²) in [5.41, 5.74) is 1.96. The molecule has 1 unspecified atom stereocenters. The molecule has 1 aromatic carbocycles. The Hall–Kier alpha value is -2.63. The van der Waals surface area contributed by atoms with Gasteiger partial charge in [-0.2, -0.15) is 5.10 Å². The summed E-state index contributed by atoms with van der Waals surface area (Å²) >= 11 is 0. The Morgan fingerprint density at radius 1 is 1.19 bits per heavy atom. The third-order valence-corrected chi connectivity index (χ3v) is 6.39. The van der Waals surface area contributed by atoms with E-state index in [4.69, 9.17) is 0 Å². The summed E-state index contributed by atoms with van der Waals surface area (Å²) in [4.78, 5) is 29.4. The van der Waals surface area contributed by atoms with E-state index in [1.54, 1.807) is 10.9 Å². The molecule has 3 heterocycles. The van der Waals surface area contributed by atoms with Crippen LogP contribution in [0.4, 0.5) is 0 Å². The third kappa shape index (κ3) is 3.13. The van der Waals surface area contributed by atoms with E-state index < -0.39 is 0 Å². The van der Waals surface area contributed by atoms with Crippen LogP contribution in [0.1, 0.15) is 36.4 Å². The summed E-state index contributed by atoms with van der Waals surface area (Å²) in [5.74, 6) is 0.238. The van der Waals surface area contributed by atoms with E-state index in [-0.39, 0.29) is 29.8 Å². The average molecular weight is 366 g/mol. The first kappa shape index (κ1) is 17.8. The Labute approximate surface area is 159 Å². The van der Waals surface area contributed by atoms with E-state index in [9.17, 15) is 9.59 Å². The fourth-order valence-electron chi connectivity index (χ4n) is 4.52. The largest absolute Gasteiger partial charge is 0.341 e. The molecular weight excluding hydrogens is 340 g/mol. The van der Waals surface area contributed by atoms with Gasteiger partial charge < -0.3 is 9.80 Å². The van der Waals surface area contributed by atoms with Crippen LogP contribution in [0.3, 0.4) is 0 Å². The van der Waals surface area contributed by atoms with Crippen LogP contribution < -0.4 is 0 Å². The van der Waals surface area contributed by atoms with Gasteiger partial charge in [0.1, 0.15) is 6.54 Å². The van der Waals surface area contributed by atoms with Crippen LogP contribution in [0, 0.1) is 6.92 Å². The van der Waals surface area contributed by atoms with E-state index >= 15 is 0 Å². The summed E-state index contributed by atoms with van der Waals surface area (Å²) in [6, 6.07) is 12.0. The van der Waals surface area contributed by atoms with Crippen LogP contribution in [-0.4, -0.2) is 57.1 Å². The van der Waals surface area contributed by atoms with E-state index in [1.165, 1.54) is 0 Å². The van der Waals surface area contributed by atoms with Crippen molar-refractivity contribution in [1.29, 1.82) is 0 Å². The molecule has 2 fully saturated rings. The maximum Gasteiger partial charge on any atom is 0.244 e. The van der Waals surface area contributed by atoms with Crippen LogP contribution in [0.15, 0.2) is 42.6 Å². The minimum Gasteiger partial charge on any atom is -0.341 e. The van der Waals surface area contributed by atoms with E-state index in [0.29, 0.717) is 13.1 Å². The van der Waals surface area contributed by atoms with Crippen molar-refractivity contribution in [2.45, 2.75) is 44.2 Å². The number of benzene rings is 1. The molecule has 2 aromatic rings. The van der Waals surface area contributed by atoms with E-state index in [0.717, 1.165) is 30.5 Å². The number of likely N-dealkylation sites (tertiary alicyclic amines) is 2. The highest BCUT2D eigenvalue weighted by atomic mass is 16.2. The van der Waals surface area contributed by atoms with Crippen LogP contribution in [0.25, 0.3) is 0 Å². The molecule has 6 nitrogen and oxygen atoms in total. The number of rotatable bonds is 3. The SMILES string of the molecule is Cc1ccnn1CC(=O)N1CCC2(CC1)CC(c1ccccc1)C(=O)N2C. The van der Waals surface area contributed by atoms with Crippen molar-refractivity contribution in [3.8, 4) is 0 Å². The molecule has 1 atom stereocenters. The molecule has 142 valence electrons. The molecule has 0 N–H and O–H groups in total. The van der Waals surface area contributed by atoms with Crippen LogP contribution in [0.5, 0.6) is 0 Å². The fourth-order valence-corrected chi connectivity index (χ4v) is 4.52. The number of hydrogen-bond donors (Lipinski definition) is 0. The molecule has 1 aromatic heterocycles. The monoisotopic (exact) mass is 366 g/mol. The van der Waals surface area contributed by atoms with Gasteiger partial charge in [-0.25, -0.2) is 0 Å². The number of nitrogens with zero attached hydrogens (tertiary/aromatic N) is 4. The van der Waals surface area contributed by atoms with Gasteiger partial charge in [0.05, 0.1) is 5.92 Å². The number of carbonyl (C=O) groups excluding carboxylic acids is 2. The number of aryl methyl sites for hydroxylation is 1. The maximum absolute atomic E-state index is 12.9. The molecule has 2 aliphatic heterocycles. The third-order valence-electron chi connectivity index (χ3n) is 6.39. The van der Waals surface area contributed by atoms with Crippen molar-refractivity contribution < 1.29 is 9.59 Å². The van der Waals surface area contributed by atoms with Gasteiger partial charge in [0.15, 0.2) is 0 Å². The zero-order valence-electron chi connectivity index (χ0n) is 16.0. The lowest BCUT2D eigenvalue weighted by molar-refractivity contribution is -0.136. The maximum atomic E-state index is 12.9.